The summed E-state index contributed by atoms with van der Waals surface area (Å²) in [4.78, 5) is 6.52. The van der Waals surface area contributed by atoms with Crippen molar-refractivity contribution in [1.29, 1.82) is 0 Å². The molecular formula is C16H15FN4OS2. The summed E-state index contributed by atoms with van der Waals surface area (Å²) in [6, 6.07) is 6.80. The van der Waals surface area contributed by atoms with E-state index in [1.54, 1.807) is 47.5 Å². The van der Waals surface area contributed by atoms with Gasteiger partial charge in [-0.15, -0.1) is 10.2 Å². The fourth-order valence-electron chi connectivity index (χ4n) is 2.60. The van der Waals surface area contributed by atoms with Crippen LogP contribution in [0.3, 0.4) is 0 Å². The molecule has 0 unspecified atom stereocenters. The lowest BCUT2D eigenvalue weighted by atomic mass is 10.1. The van der Waals surface area contributed by atoms with Gasteiger partial charge in [-0.25, -0.2) is 4.39 Å². The van der Waals surface area contributed by atoms with E-state index in [1.165, 1.54) is 6.07 Å². The first-order chi connectivity index (χ1) is 11.8. The molecule has 0 bridgehead atoms. The zero-order valence-electron chi connectivity index (χ0n) is 12.8. The van der Waals surface area contributed by atoms with E-state index < -0.39 is 0 Å². The summed E-state index contributed by atoms with van der Waals surface area (Å²) < 4.78 is 20.1. The standard InChI is InChI=1S/C16H15FN4OS2/c17-13-4-3-11(14-12(13)2-1-5-18-14)10-23-16-20-19-15(24-16)21-6-8-22-9-7-21/h1-5H,6-10H2. The molecule has 4 rings (SSSR count). The zero-order chi connectivity index (χ0) is 16.4. The Morgan fingerprint density at radius 3 is 2.96 bits per heavy atom. The lowest BCUT2D eigenvalue weighted by Gasteiger charge is -2.25. The largest absolute Gasteiger partial charge is 0.378 e. The van der Waals surface area contributed by atoms with E-state index in [0.717, 1.165) is 41.3 Å². The Balaban J connectivity index is 1.49. The molecule has 0 spiro atoms. The molecule has 0 atom stereocenters. The number of anilines is 1. The van der Waals surface area contributed by atoms with Gasteiger partial charge in [0.25, 0.3) is 0 Å². The Labute approximate surface area is 146 Å². The van der Waals surface area contributed by atoms with E-state index in [1.807, 2.05) is 0 Å². The van der Waals surface area contributed by atoms with Crippen molar-refractivity contribution < 1.29 is 9.13 Å². The third-order valence-corrected chi connectivity index (χ3v) is 5.99. The van der Waals surface area contributed by atoms with Crippen LogP contribution in [0.1, 0.15) is 5.56 Å². The summed E-state index contributed by atoms with van der Waals surface area (Å²) >= 11 is 3.19. The maximum Gasteiger partial charge on any atom is 0.209 e. The van der Waals surface area contributed by atoms with Gasteiger partial charge in [0, 0.05) is 30.4 Å². The van der Waals surface area contributed by atoms with E-state index >= 15 is 0 Å². The van der Waals surface area contributed by atoms with Gasteiger partial charge in [0.1, 0.15) is 5.82 Å². The van der Waals surface area contributed by atoms with Crippen molar-refractivity contribution in [2.45, 2.75) is 10.1 Å². The Kier molecular flexibility index (Phi) is 4.59. The highest BCUT2D eigenvalue weighted by Gasteiger charge is 2.16. The first-order valence-electron chi connectivity index (χ1n) is 7.62. The molecule has 1 aliphatic heterocycles. The van der Waals surface area contributed by atoms with Crippen molar-refractivity contribution in [2.24, 2.45) is 0 Å². The van der Waals surface area contributed by atoms with E-state index in [-0.39, 0.29) is 5.82 Å². The molecule has 2 aromatic heterocycles. The molecular weight excluding hydrogens is 347 g/mol. The van der Waals surface area contributed by atoms with Crippen LogP contribution < -0.4 is 4.90 Å². The number of halogens is 1. The van der Waals surface area contributed by atoms with Crippen LogP contribution >= 0.6 is 23.1 Å². The Morgan fingerprint density at radius 2 is 2.08 bits per heavy atom. The van der Waals surface area contributed by atoms with Gasteiger partial charge in [-0.3, -0.25) is 4.98 Å². The quantitative estimate of drug-likeness (QED) is 0.664. The molecule has 8 heteroatoms. The molecule has 0 aliphatic carbocycles. The number of ether oxygens (including phenoxy) is 1. The fraction of sp³-hybridized carbons (Fsp3) is 0.312. The Hall–Kier alpha value is -1.77. The number of benzene rings is 1. The Morgan fingerprint density at radius 1 is 1.21 bits per heavy atom. The molecule has 0 saturated carbocycles. The summed E-state index contributed by atoms with van der Waals surface area (Å²) in [5.41, 5.74) is 1.71. The van der Waals surface area contributed by atoms with Crippen molar-refractivity contribution in [3.63, 3.8) is 0 Å². The maximum atomic E-state index is 13.9. The van der Waals surface area contributed by atoms with Crippen LogP contribution in [0.2, 0.25) is 0 Å². The van der Waals surface area contributed by atoms with Crippen LogP contribution in [-0.4, -0.2) is 41.5 Å². The molecule has 1 fully saturated rings. The van der Waals surface area contributed by atoms with Crippen LogP contribution in [-0.2, 0) is 10.5 Å². The lowest BCUT2D eigenvalue weighted by Crippen LogP contribution is -2.36. The molecule has 5 nitrogen and oxygen atoms in total. The smallest absolute Gasteiger partial charge is 0.209 e. The minimum absolute atomic E-state index is 0.239. The highest BCUT2D eigenvalue weighted by Crippen LogP contribution is 2.32. The van der Waals surface area contributed by atoms with Crippen molar-refractivity contribution in [3.05, 3.63) is 41.8 Å². The number of hydrogen-bond donors (Lipinski definition) is 0. The first kappa shape index (κ1) is 15.7. The number of fused-ring (bicyclic) bond motifs is 1. The molecule has 0 N–H and O–H groups in total. The molecule has 1 saturated heterocycles. The number of thioether (sulfide) groups is 1. The molecule has 1 aliphatic rings. The average Bonchev–Trinajstić information content (AvgIpc) is 3.11. The molecule has 0 radical (unpaired) electrons. The number of aromatic nitrogens is 3. The number of hydrogen-bond acceptors (Lipinski definition) is 7. The molecule has 3 heterocycles. The summed E-state index contributed by atoms with van der Waals surface area (Å²) in [6.45, 7) is 3.17. The topological polar surface area (TPSA) is 51.1 Å². The summed E-state index contributed by atoms with van der Waals surface area (Å²) in [7, 11) is 0. The average molecular weight is 362 g/mol. The number of pyridine rings is 1. The van der Waals surface area contributed by atoms with Gasteiger partial charge in [0.05, 0.1) is 18.7 Å². The lowest BCUT2D eigenvalue weighted by molar-refractivity contribution is 0.122. The monoisotopic (exact) mass is 362 g/mol. The van der Waals surface area contributed by atoms with Gasteiger partial charge in [-0.05, 0) is 23.8 Å². The van der Waals surface area contributed by atoms with Crippen molar-refractivity contribution in [3.8, 4) is 0 Å². The van der Waals surface area contributed by atoms with E-state index in [2.05, 4.69) is 20.1 Å². The van der Waals surface area contributed by atoms with Crippen molar-refractivity contribution >= 4 is 39.1 Å². The second kappa shape index (κ2) is 7.00. The van der Waals surface area contributed by atoms with E-state index in [0.29, 0.717) is 16.7 Å². The maximum absolute atomic E-state index is 13.9. The molecule has 24 heavy (non-hydrogen) atoms. The zero-order valence-corrected chi connectivity index (χ0v) is 14.4. The molecule has 1 aromatic carbocycles. The van der Waals surface area contributed by atoms with Crippen LogP contribution in [0.4, 0.5) is 9.52 Å². The third-order valence-electron chi connectivity index (χ3n) is 3.83. The summed E-state index contributed by atoms with van der Waals surface area (Å²) in [6.07, 6.45) is 1.69. The van der Waals surface area contributed by atoms with Gasteiger partial charge >= 0.3 is 0 Å². The number of nitrogens with zero attached hydrogens (tertiary/aromatic N) is 4. The second-order valence-corrected chi connectivity index (χ2v) is 7.52. The van der Waals surface area contributed by atoms with Gasteiger partial charge in [0.15, 0.2) is 4.34 Å². The second-order valence-electron chi connectivity index (χ2n) is 5.34. The van der Waals surface area contributed by atoms with Crippen molar-refractivity contribution in [1.82, 2.24) is 15.2 Å². The van der Waals surface area contributed by atoms with Gasteiger partial charge in [-0.2, -0.15) is 0 Å². The van der Waals surface area contributed by atoms with Gasteiger partial charge in [-0.1, -0.05) is 29.2 Å². The van der Waals surface area contributed by atoms with E-state index in [9.17, 15) is 4.39 Å². The van der Waals surface area contributed by atoms with Gasteiger partial charge < -0.3 is 9.64 Å². The Bertz CT molecular complexity index is 851. The summed E-state index contributed by atoms with van der Waals surface area (Å²) in [5, 5.41) is 10.0. The molecule has 124 valence electrons. The van der Waals surface area contributed by atoms with Crippen LogP contribution in [0.5, 0.6) is 0 Å². The minimum Gasteiger partial charge on any atom is -0.378 e. The predicted molar refractivity (Wildman–Crippen MR) is 94.2 cm³/mol. The SMILES string of the molecule is Fc1ccc(CSc2nnc(N3CCOCC3)s2)c2ncccc12. The fourth-order valence-corrected chi connectivity index (χ4v) is 4.47. The minimum atomic E-state index is -0.239. The van der Waals surface area contributed by atoms with Crippen LogP contribution in [0.15, 0.2) is 34.8 Å². The van der Waals surface area contributed by atoms with Crippen LogP contribution in [0.25, 0.3) is 10.9 Å². The predicted octanol–water partition coefficient (Wildman–Crippen LogP) is 3.35. The normalized spacial score (nSPS) is 15.1. The van der Waals surface area contributed by atoms with Gasteiger partial charge in [0.2, 0.25) is 5.13 Å². The highest BCUT2D eigenvalue weighted by molar-refractivity contribution is 8.00. The van der Waals surface area contributed by atoms with Crippen LogP contribution in [0, 0.1) is 5.82 Å². The summed E-state index contributed by atoms with van der Waals surface area (Å²) in [5.74, 6) is 0.448. The number of rotatable bonds is 4. The number of morpholine rings is 1. The molecule has 0 amide bonds. The third kappa shape index (κ3) is 3.22. The first-order valence-corrected chi connectivity index (χ1v) is 9.42. The van der Waals surface area contributed by atoms with Crippen molar-refractivity contribution in [2.75, 3.05) is 31.2 Å². The van der Waals surface area contributed by atoms with E-state index in [4.69, 9.17) is 4.74 Å². The highest BCUT2D eigenvalue weighted by atomic mass is 32.2. The molecule has 3 aromatic rings.